The van der Waals surface area contributed by atoms with Crippen LogP contribution >= 0.6 is 12.4 Å². The third-order valence-electron chi connectivity index (χ3n) is 3.86. The molecule has 0 spiro atoms. The second-order valence-electron chi connectivity index (χ2n) is 5.81. The summed E-state index contributed by atoms with van der Waals surface area (Å²) < 4.78 is 10.5. The van der Waals surface area contributed by atoms with Gasteiger partial charge in [0, 0.05) is 32.3 Å². The maximum atomic E-state index is 12.6. The average molecular weight is 394 g/mol. The Morgan fingerprint density at radius 2 is 1.59 bits per heavy atom. The van der Waals surface area contributed by atoms with Gasteiger partial charge in [-0.05, 0) is 23.8 Å². The average Bonchev–Trinajstić information content (AvgIpc) is 2.66. The standard InChI is InChI=1S/C19H23N3O4.ClH/c1-22(2)19(24)14-9-16(25-3)17(26-4)10-15(14)21-18(23)13-7-5-12(11-20)6-8-13;/h5-10H,11,20H2,1-4H3,(H,21,23);1H. The quantitative estimate of drug-likeness (QED) is 0.786. The van der Waals surface area contributed by atoms with Gasteiger partial charge in [-0.25, -0.2) is 0 Å². The Morgan fingerprint density at radius 1 is 1.04 bits per heavy atom. The van der Waals surface area contributed by atoms with E-state index in [0.717, 1.165) is 5.56 Å². The van der Waals surface area contributed by atoms with Gasteiger partial charge in [0.1, 0.15) is 0 Å². The first kappa shape index (κ1) is 22.3. The van der Waals surface area contributed by atoms with E-state index < -0.39 is 0 Å². The highest BCUT2D eigenvalue weighted by Gasteiger charge is 2.20. The molecule has 0 saturated heterocycles. The third kappa shape index (κ3) is 5.12. The predicted octanol–water partition coefficient (Wildman–Crippen LogP) is 2.54. The number of halogens is 1. The molecule has 0 aliphatic carbocycles. The minimum atomic E-state index is -0.339. The second-order valence-corrected chi connectivity index (χ2v) is 5.81. The van der Waals surface area contributed by atoms with Crippen LogP contribution in [-0.4, -0.2) is 45.0 Å². The molecule has 0 unspecified atom stereocenters. The van der Waals surface area contributed by atoms with Crippen molar-refractivity contribution in [2.45, 2.75) is 6.54 Å². The fraction of sp³-hybridized carbons (Fsp3) is 0.263. The molecule has 0 bridgehead atoms. The molecule has 7 nitrogen and oxygen atoms in total. The van der Waals surface area contributed by atoms with Crippen molar-refractivity contribution < 1.29 is 19.1 Å². The number of nitrogens with zero attached hydrogens (tertiary/aromatic N) is 1. The number of nitrogens with two attached hydrogens (primary N) is 1. The molecule has 0 fully saturated rings. The molecule has 2 amide bonds. The van der Waals surface area contributed by atoms with Crippen LogP contribution in [0.4, 0.5) is 5.69 Å². The van der Waals surface area contributed by atoms with Crippen molar-refractivity contribution in [3.05, 3.63) is 53.1 Å². The number of hydrogen-bond acceptors (Lipinski definition) is 5. The van der Waals surface area contributed by atoms with Crippen LogP contribution in [0.3, 0.4) is 0 Å². The molecule has 2 aromatic carbocycles. The maximum Gasteiger partial charge on any atom is 0.255 e. The molecule has 0 saturated carbocycles. The summed E-state index contributed by atoms with van der Waals surface area (Å²) in [6.45, 7) is 0.402. The van der Waals surface area contributed by atoms with Gasteiger partial charge in [0.25, 0.3) is 11.8 Å². The molecule has 8 heteroatoms. The third-order valence-corrected chi connectivity index (χ3v) is 3.86. The molecule has 2 aromatic rings. The van der Waals surface area contributed by atoms with Crippen molar-refractivity contribution in [2.24, 2.45) is 5.73 Å². The van der Waals surface area contributed by atoms with Gasteiger partial charge in [-0.2, -0.15) is 0 Å². The molecule has 146 valence electrons. The lowest BCUT2D eigenvalue weighted by Gasteiger charge is -2.18. The van der Waals surface area contributed by atoms with Crippen molar-refractivity contribution in [1.82, 2.24) is 4.90 Å². The van der Waals surface area contributed by atoms with Crippen LogP contribution in [0.2, 0.25) is 0 Å². The first-order chi connectivity index (χ1) is 12.4. The Hall–Kier alpha value is -2.77. The minimum absolute atomic E-state index is 0. The Bertz CT molecular complexity index is 807. The Morgan fingerprint density at radius 3 is 2.07 bits per heavy atom. The highest BCUT2D eigenvalue weighted by Crippen LogP contribution is 2.34. The van der Waals surface area contributed by atoms with E-state index in [4.69, 9.17) is 15.2 Å². The molecule has 27 heavy (non-hydrogen) atoms. The molecule has 3 N–H and O–H groups in total. The van der Waals surface area contributed by atoms with E-state index in [-0.39, 0.29) is 24.2 Å². The van der Waals surface area contributed by atoms with Gasteiger partial charge in [-0.15, -0.1) is 12.4 Å². The topological polar surface area (TPSA) is 93.9 Å². The van der Waals surface area contributed by atoms with Crippen LogP contribution in [0.5, 0.6) is 11.5 Å². The van der Waals surface area contributed by atoms with Crippen LogP contribution in [0.1, 0.15) is 26.3 Å². The largest absolute Gasteiger partial charge is 0.493 e. The van der Waals surface area contributed by atoms with Crippen LogP contribution in [0, 0.1) is 0 Å². The number of ether oxygens (including phenoxy) is 2. The Labute approximate surface area is 164 Å². The number of benzene rings is 2. The fourth-order valence-corrected chi connectivity index (χ4v) is 2.39. The SMILES string of the molecule is COc1cc(NC(=O)c2ccc(CN)cc2)c(C(=O)N(C)C)cc1OC.Cl. The fourth-order valence-electron chi connectivity index (χ4n) is 2.39. The first-order valence-corrected chi connectivity index (χ1v) is 7.99. The summed E-state index contributed by atoms with van der Waals surface area (Å²) in [4.78, 5) is 26.5. The van der Waals surface area contributed by atoms with Crippen molar-refractivity contribution in [3.8, 4) is 11.5 Å². The molecular formula is C19H24ClN3O4. The number of anilines is 1. The summed E-state index contributed by atoms with van der Waals surface area (Å²) in [6, 6.07) is 10.1. The zero-order chi connectivity index (χ0) is 19.3. The first-order valence-electron chi connectivity index (χ1n) is 7.99. The zero-order valence-corrected chi connectivity index (χ0v) is 16.6. The molecule has 0 aliphatic heterocycles. The number of carbonyl (C=O) groups excluding carboxylic acids is 2. The summed E-state index contributed by atoms with van der Waals surface area (Å²) in [6.07, 6.45) is 0. The Kier molecular flexibility index (Phi) is 8.08. The van der Waals surface area contributed by atoms with Crippen LogP contribution in [-0.2, 0) is 6.54 Å². The second kappa shape index (κ2) is 9.80. The lowest BCUT2D eigenvalue weighted by molar-refractivity contribution is 0.0828. The monoisotopic (exact) mass is 393 g/mol. The molecule has 2 rings (SSSR count). The molecule has 0 atom stereocenters. The van der Waals surface area contributed by atoms with Gasteiger partial charge in [0.15, 0.2) is 11.5 Å². The normalized spacial score (nSPS) is 9.81. The van der Waals surface area contributed by atoms with Crippen molar-refractivity contribution in [3.63, 3.8) is 0 Å². The molecular weight excluding hydrogens is 370 g/mol. The smallest absolute Gasteiger partial charge is 0.255 e. The van der Waals surface area contributed by atoms with E-state index >= 15 is 0 Å². The summed E-state index contributed by atoms with van der Waals surface area (Å²) in [5.41, 5.74) is 7.60. The Balaban J connectivity index is 0.00000364. The molecule has 0 radical (unpaired) electrons. The van der Waals surface area contributed by atoms with Crippen LogP contribution in [0.15, 0.2) is 36.4 Å². The van der Waals surface area contributed by atoms with Crippen LogP contribution in [0.25, 0.3) is 0 Å². The summed E-state index contributed by atoms with van der Waals surface area (Å²) in [5.74, 6) is 0.216. The van der Waals surface area contributed by atoms with Gasteiger partial charge in [-0.1, -0.05) is 12.1 Å². The van der Waals surface area contributed by atoms with Crippen molar-refractivity contribution in [2.75, 3.05) is 33.6 Å². The molecule has 0 heterocycles. The molecule has 0 aliphatic rings. The lowest BCUT2D eigenvalue weighted by Crippen LogP contribution is -2.24. The van der Waals surface area contributed by atoms with Crippen molar-refractivity contribution in [1.29, 1.82) is 0 Å². The lowest BCUT2D eigenvalue weighted by atomic mass is 10.1. The number of methoxy groups -OCH3 is 2. The molecule has 0 aromatic heterocycles. The van der Waals surface area contributed by atoms with E-state index in [1.807, 2.05) is 0 Å². The van der Waals surface area contributed by atoms with E-state index in [2.05, 4.69) is 5.32 Å². The van der Waals surface area contributed by atoms with Gasteiger partial charge in [0.05, 0.1) is 25.5 Å². The van der Waals surface area contributed by atoms with E-state index in [0.29, 0.717) is 34.9 Å². The maximum absolute atomic E-state index is 12.6. The van der Waals surface area contributed by atoms with Crippen LogP contribution < -0.4 is 20.5 Å². The van der Waals surface area contributed by atoms with Gasteiger partial charge >= 0.3 is 0 Å². The number of nitrogens with one attached hydrogen (secondary N) is 1. The number of hydrogen-bond donors (Lipinski definition) is 2. The van der Waals surface area contributed by atoms with E-state index in [1.165, 1.54) is 19.1 Å². The summed E-state index contributed by atoms with van der Waals surface area (Å²) in [5, 5.41) is 2.77. The highest BCUT2D eigenvalue weighted by molar-refractivity contribution is 6.09. The highest BCUT2D eigenvalue weighted by atomic mass is 35.5. The van der Waals surface area contributed by atoms with E-state index in [1.54, 1.807) is 50.5 Å². The summed E-state index contributed by atoms with van der Waals surface area (Å²) in [7, 11) is 6.24. The minimum Gasteiger partial charge on any atom is -0.493 e. The number of carbonyl (C=O) groups is 2. The zero-order valence-electron chi connectivity index (χ0n) is 15.7. The predicted molar refractivity (Wildman–Crippen MR) is 107 cm³/mol. The van der Waals surface area contributed by atoms with Gasteiger partial charge < -0.3 is 25.4 Å². The number of amides is 2. The van der Waals surface area contributed by atoms with Gasteiger partial charge in [-0.3, -0.25) is 9.59 Å². The van der Waals surface area contributed by atoms with Gasteiger partial charge in [0.2, 0.25) is 0 Å². The number of rotatable bonds is 6. The van der Waals surface area contributed by atoms with Crippen molar-refractivity contribution >= 4 is 29.9 Å². The van der Waals surface area contributed by atoms with E-state index in [9.17, 15) is 9.59 Å². The summed E-state index contributed by atoms with van der Waals surface area (Å²) >= 11 is 0.